The predicted octanol–water partition coefficient (Wildman–Crippen LogP) is 2.85. The summed E-state index contributed by atoms with van der Waals surface area (Å²) in [6.45, 7) is 2.02. The first-order valence-corrected chi connectivity index (χ1v) is 7.61. The first kappa shape index (κ1) is 15.3. The Morgan fingerprint density at radius 3 is 2.55 bits per heavy atom. The maximum atomic E-state index is 10.3. The summed E-state index contributed by atoms with van der Waals surface area (Å²) in [6.07, 6.45) is 4.76. The van der Waals surface area contributed by atoms with Gasteiger partial charge in [-0.2, -0.15) is 0 Å². The molecule has 1 saturated carbocycles. The summed E-state index contributed by atoms with van der Waals surface area (Å²) in [5.41, 5.74) is 2.11. The molecule has 3 nitrogen and oxygen atoms in total. The van der Waals surface area contributed by atoms with Crippen LogP contribution < -0.4 is 4.74 Å². The molecule has 2 unspecified atom stereocenters. The van der Waals surface area contributed by atoms with E-state index in [1.165, 1.54) is 19.3 Å². The standard InChI is InChI=1S/C17H26O3/c1-12-8-9-16(20-2)14(10-12)11-15(18)17(19)13-6-4-3-5-7-13/h8-10,13,15,17-19H,3-7,11H2,1-2H3. The van der Waals surface area contributed by atoms with Gasteiger partial charge in [0.25, 0.3) is 0 Å². The minimum Gasteiger partial charge on any atom is -0.496 e. The summed E-state index contributed by atoms with van der Waals surface area (Å²) in [4.78, 5) is 0. The second-order valence-corrected chi connectivity index (χ2v) is 5.98. The van der Waals surface area contributed by atoms with Gasteiger partial charge >= 0.3 is 0 Å². The third-order valence-electron chi connectivity index (χ3n) is 4.39. The molecule has 1 aromatic rings. The highest BCUT2D eigenvalue weighted by Crippen LogP contribution is 2.29. The van der Waals surface area contributed by atoms with E-state index in [4.69, 9.17) is 4.74 Å². The Morgan fingerprint density at radius 2 is 1.90 bits per heavy atom. The Morgan fingerprint density at radius 1 is 1.20 bits per heavy atom. The van der Waals surface area contributed by atoms with E-state index in [0.717, 1.165) is 29.7 Å². The summed E-state index contributed by atoms with van der Waals surface area (Å²) in [7, 11) is 1.64. The van der Waals surface area contributed by atoms with Crippen LogP contribution in [0.1, 0.15) is 43.2 Å². The molecular formula is C17H26O3. The molecule has 1 aliphatic carbocycles. The van der Waals surface area contributed by atoms with E-state index >= 15 is 0 Å². The number of hydrogen-bond acceptors (Lipinski definition) is 3. The van der Waals surface area contributed by atoms with Gasteiger partial charge < -0.3 is 14.9 Å². The lowest BCUT2D eigenvalue weighted by Gasteiger charge is -2.30. The van der Waals surface area contributed by atoms with Crippen LogP contribution in [0.25, 0.3) is 0 Å². The number of benzene rings is 1. The normalized spacial score (nSPS) is 19.6. The van der Waals surface area contributed by atoms with Crippen molar-refractivity contribution in [3.05, 3.63) is 29.3 Å². The number of aliphatic hydroxyl groups is 2. The molecule has 0 aliphatic heterocycles. The molecule has 0 spiro atoms. The Hall–Kier alpha value is -1.06. The highest BCUT2D eigenvalue weighted by molar-refractivity contribution is 5.37. The van der Waals surface area contributed by atoms with Gasteiger partial charge in [-0.1, -0.05) is 37.0 Å². The van der Waals surface area contributed by atoms with Crippen LogP contribution in [-0.4, -0.2) is 29.5 Å². The molecule has 0 amide bonds. The monoisotopic (exact) mass is 278 g/mol. The molecule has 2 N–H and O–H groups in total. The molecule has 1 fully saturated rings. The smallest absolute Gasteiger partial charge is 0.122 e. The van der Waals surface area contributed by atoms with Crippen LogP contribution in [0, 0.1) is 12.8 Å². The van der Waals surface area contributed by atoms with Crippen molar-refractivity contribution in [3.8, 4) is 5.75 Å². The van der Waals surface area contributed by atoms with E-state index in [0.29, 0.717) is 6.42 Å². The lowest BCUT2D eigenvalue weighted by Crippen LogP contribution is -2.36. The lowest BCUT2D eigenvalue weighted by atomic mass is 9.82. The zero-order chi connectivity index (χ0) is 14.5. The zero-order valence-corrected chi connectivity index (χ0v) is 12.5. The van der Waals surface area contributed by atoms with Gasteiger partial charge in [0.05, 0.1) is 19.3 Å². The van der Waals surface area contributed by atoms with Gasteiger partial charge in [0.1, 0.15) is 5.75 Å². The average Bonchev–Trinajstić information content (AvgIpc) is 2.47. The van der Waals surface area contributed by atoms with Crippen molar-refractivity contribution in [3.63, 3.8) is 0 Å². The molecule has 20 heavy (non-hydrogen) atoms. The van der Waals surface area contributed by atoms with E-state index < -0.39 is 12.2 Å². The van der Waals surface area contributed by atoms with Crippen molar-refractivity contribution in [1.82, 2.24) is 0 Å². The van der Waals surface area contributed by atoms with Crippen LogP contribution in [0.15, 0.2) is 18.2 Å². The number of hydrogen-bond donors (Lipinski definition) is 2. The van der Waals surface area contributed by atoms with E-state index in [1.54, 1.807) is 7.11 Å². The summed E-state index contributed by atoms with van der Waals surface area (Å²) in [5.74, 6) is 1.03. The molecule has 1 aromatic carbocycles. The molecule has 0 saturated heterocycles. The van der Waals surface area contributed by atoms with Crippen LogP contribution in [0.5, 0.6) is 5.75 Å². The quantitative estimate of drug-likeness (QED) is 0.870. The molecule has 0 bridgehead atoms. The molecule has 1 aliphatic rings. The summed E-state index contributed by atoms with van der Waals surface area (Å²) >= 11 is 0. The Balaban J connectivity index is 2.02. The van der Waals surface area contributed by atoms with Gasteiger partial charge in [-0.3, -0.25) is 0 Å². The molecule has 0 heterocycles. The third kappa shape index (κ3) is 3.74. The average molecular weight is 278 g/mol. The molecule has 0 radical (unpaired) electrons. The maximum absolute atomic E-state index is 10.3. The van der Waals surface area contributed by atoms with E-state index in [9.17, 15) is 10.2 Å². The van der Waals surface area contributed by atoms with Gasteiger partial charge in [-0.25, -0.2) is 0 Å². The fraction of sp³-hybridized carbons (Fsp3) is 0.647. The van der Waals surface area contributed by atoms with Crippen LogP contribution in [-0.2, 0) is 6.42 Å². The third-order valence-corrected chi connectivity index (χ3v) is 4.39. The first-order chi connectivity index (χ1) is 9.61. The van der Waals surface area contributed by atoms with Crippen LogP contribution >= 0.6 is 0 Å². The van der Waals surface area contributed by atoms with Crippen LogP contribution in [0.3, 0.4) is 0 Å². The number of aryl methyl sites for hydroxylation is 1. The fourth-order valence-corrected chi connectivity index (χ4v) is 3.20. The van der Waals surface area contributed by atoms with Gasteiger partial charge in [0.15, 0.2) is 0 Å². The largest absolute Gasteiger partial charge is 0.496 e. The van der Waals surface area contributed by atoms with E-state index in [1.807, 2.05) is 25.1 Å². The number of methoxy groups -OCH3 is 1. The molecule has 112 valence electrons. The number of aliphatic hydroxyl groups excluding tert-OH is 2. The minimum atomic E-state index is -0.714. The summed E-state index contributed by atoms with van der Waals surface area (Å²) < 4.78 is 5.33. The van der Waals surface area contributed by atoms with Gasteiger partial charge in [-0.15, -0.1) is 0 Å². The van der Waals surface area contributed by atoms with Gasteiger partial charge in [0, 0.05) is 6.42 Å². The fourth-order valence-electron chi connectivity index (χ4n) is 3.20. The lowest BCUT2D eigenvalue weighted by molar-refractivity contribution is -0.0265. The summed E-state index contributed by atoms with van der Waals surface area (Å²) in [5, 5.41) is 20.7. The van der Waals surface area contributed by atoms with Crippen LogP contribution in [0.2, 0.25) is 0 Å². The topological polar surface area (TPSA) is 49.7 Å². The van der Waals surface area contributed by atoms with Crippen molar-refractivity contribution in [2.75, 3.05) is 7.11 Å². The molecule has 2 rings (SSSR count). The number of ether oxygens (including phenoxy) is 1. The first-order valence-electron chi connectivity index (χ1n) is 7.61. The summed E-state index contributed by atoms with van der Waals surface area (Å²) in [6, 6.07) is 5.94. The van der Waals surface area contributed by atoms with Crippen LogP contribution in [0.4, 0.5) is 0 Å². The van der Waals surface area contributed by atoms with E-state index in [-0.39, 0.29) is 5.92 Å². The highest BCUT2D eigenvalue weighted by Gasteiger charge is 2.28. The van der Waals surface area contributed by atoms with Crippen molar-refractivity contribution in [1.29, 1.82) is 0 Å². The molecule has 2 atom stereocenters. The van der Waals surface area contributed by atoms with Crippen molar-refractivity contribution in [2.24, 2.45) is 5.92 Å². The second-order valence-electron chi connectivity index (χ2n) is 5.98. The molecule has 3 heteroatoms. The zero-order valence-electron chi connectivity index (χ0n) is 12.5. The van der Waals surface area contributed by atoms with Gasteiger partial charge in [0.2, 0.25) is 0 Å². The van der Waals surface area contributed by atoms with E-state index in [2.05, 4.69) is 0 Å². The Kier molecular flexibility index (Phi) is 5.44. The number of rotatable bonds is 5. The SMILES string of the molecule is COc1ccc(C)cc1CC(O)C(O)C1CCCCC1. The van der Waals surface area contributed by atoms with Gasteiger partial charge in [-0.05, 0) is 37.3 Å². The maximum Gasteiger partial charge on any atom is 0.122 e. The minimum absolute atomic E-state index is 0.245. The molecule has 0 aromatic heterocycles. The Labute approximate surface area is 121 Å². The van der Waals surface area contributed by atoms with Crippen molar-refractivity contribution >= 4 is 0 Å². The Bertz CT molecular complexity index is 424. The highest BCUT2D eigenvalue weighted by atomic mass is 16.5. The second kappa shape index (κ2) is 7.09. The predicted molar refractivity (Wildman–Crippen MR) is 80.0 cm³/mol. The van der Waals surface area contributed by atoms with Crippen molar-refractivity contribution in [2.45, 2.75) is 57.7 Å². The molecular weight excluding hydrogens is 252 g/mol. The van der Waals surface area contributed by atoms with Crippen molar-refractivity contribution < 1.29 is 14.9 Å².